The Morgan fingerprint density at radius 2 is 1.02 bits per heavy atom. The molecule has 0 spiro atoms. The highest BCUT2D eigenvalue weighted by Crippen LogP contribution is 2.20. The number of nitrogens with zero attached hydrogens (tertiary/aromatic N) is 2. The second-order valence-electron chi connectivity index (χ2n) is 20.6. The van der Waals surface area contributed by atoms with Gasteiger partial charge in [-0.3, -0.25) is 52.9 Å². The zero-order valence-electron chi connectivity index (χ0n) is 47.1. The van der Waals surface area contributed by atoms with Crippen molar-refractivity contribution < 1.29 is 63.0 Å². The predicted octanol–water partition coefficient (Wildman–Crippen LogP) is -5.56. The molecule has 30 heteroatoms. The van der Waals surface area contributed by atoms with Crippen molar-refractivity contribution in [2.45, 2.75) is 204 Å². The summed E-state index contributed by atoms with van der Waals surface area (Å²) < 4.78 is 0. The summed E-state index contributed by atoms with van der Waals surface area (Å²) in [6.07, 6.45) is 1.68. The number of rotatable bonds is 40. The van der Waals surface area contributed by atoms with E-state index in [-0.39, 0.29) is 76.5 Å². The number of carbonyl (C=O) groups is 11. The number of amides is 10. The third kappa shape index (κ3) is 26.9. The maximum atomic E-state index is 14.3. The smallest absolute Gasteiger partial charge is 0.326 e. The van der Waals surface area contributed by atoms with Crippen LogP contribution in [0.25, 0.3) is 0 Å². The van der Waals surface area contributed by atoms with Gasteiger partial charge in [0.1, 0.15) is 54.4 Å². The maximum absolute atomic E-state index is 14.3. The number of primary amides is 1. The fraction of sp³-hybridized carbons (Fsp3) is 0.760. The highest BCUT2D eigenvalue weighted by Gasteiger charge is 2.39. The van der Waals surface area contributed by atoms with Crippen molar-refractivity contribution in [1.82, 2.24) is 47.4 Å². The molecule has 0 unspecified atom stereocenters. The lowest BCUT2D eigenvalue weighted by Gasteiger charge is -2.30. The number of aliphatic imine (C=N–C) groups is 1. The minimum Gasteiger partial charge on any atom is -0.480 e. The van der Waals surface area contributed by atoms with Gasteiger partial charge in [-0.1, -0.05) is 20.3 Å². The van der Waals surface area contributed by atoms with E-state index < -0.39 is 138 Å². The molecule has 1 rings (SSSR count). The summed E-state index contributed by atoms with van der Waals surface area (Å²) in [5.41, 5.74) is 39.3. The number of aliphatic hydroxyl groups is 1. The molecule has 1 aliphatic heterocycles. The van der Waals surface area contributed by atoms with Gasteiger partial charge < -0.3 is 97.8 Å². The van der Waals surface area contributed by atoms with E-state index in [1.54, 1.807) is 13.8 Å². The van der Waals surface area contributed by atoms with Crippen LogP contribution in [0.1, 0.15) is 137 Å². The first kappa shape index (κ1) is 71.3. The Bertz CT molecular complexity index is 2080. The van der Waals surface area contributed by atoms with Crippen molar-refractivity contribution in [2.24, 2.45) is 51.0 Å². The van der Waals surface area contributed by atoms with Crippen molar-refractivity contribution in [3.63, 3.8) is 0 Å². The van der Waals surface area contributed by atoms with E-state index in [1.807, 2.05) is 0 Å². The van der Waals surface area contributed by atoms with Gasteiger partial charge in [0, 0.05) is 19.5 Å². The van der Waals surface area contributed by atoms with E-state index in [9.17, 15) is 63.0 Å². The normalized spacial score (nSPS) is 16.8. The molecule has 0 aromatic heterocycles. The minimum atomic E-state index is -1.64. The van der Waals surface area contributed by atoms with E-state index >= 15 is 0 Å². The summed E-state index contributed by atoms with van der Waals surface area (Å²) >= 11 is 0. The standard InChI is InChI=1S/C50H93N17O13/c1-27(2)26-36(45(75)59-28(3)40(70)66-39(30(5)68)47(77)64-35(49(79)80)16-8-11-23-53)65-44(74)34(19-20-38(55)69)62-42(72)32(15-7-10-22-52)61-43(73)33(17-12-24-58-50(56)57)63-46(76)37-18-13-25-67(37)48(78)29(4)60-41(71)31(54)14-6-9-21-51/h27-37,39,68H,6-26,51-54H2,1-5H3,(H2,55,69)(H,59,75)(H,60,71)(H,61,73)(H,62,72)(H,63,76)(H,64,77)(H,65,74)(H,66,70)(H,79,80)(H4,56,57,58)/t28-,29-,30+,31-,32-,33-,34-,35-,36-,37-,39-/m0/s1. The number of hydrogen-bond acceptors (Lipinski definition) is 17. The van der Waals surface area contributed by atoms with E-state index in [1.165, 1.54) is 25.7 Å². The number of carboxylic acid groups (broad SMARTS) is 1. The molecule has 80 heavy (non-hydrogen) atoms. The van der Waals surface area contributed by atoms with E-state index in [2.05, 4.69) is 47.5 Å². The summed E-state index contributed by atoms with van der Waals surface area (Å²) in [4.78, 5) is 153. The van der Waals surface area contributed by atoms with Gasteiger partial charge in [0.25, 0.3) is 0 Å². The highest BCUT2D eigenvalue weighted by molar-refractivity contribution is 5.98. The molecule has 30 nitrogen and oxygen atoms in total. The Hall–Kier alpha value is -6.76. The lowest BCUT2D eigenvalue weighted by molar-refractivity contribution is -0.143. The molecule has 1 fully saturated rings. The number of aliphatic carboxylic acids is 1. The number of nitrogens with two attached hydrogens (primary N) is 7. The van der Waals surface area contributed by atoms with Crippen LogP contribution < -0.4 is 82.7 Å². The summed E-state index contributed by atoms with van der Waals surface area (Å²) in [6.45, 7) is 8.59. The minimum absolute atomic E-state index is 0.0110. The molecule has 0 radical (unpaired) electrons. The molecule has 0 aliphatic carbocycles. The summed E-state index contributed by atoms with van der Waals surface area (Å²) in [5, 5.41) is 40.2. The van der Waals surface area contributed by atoms with Gasteiger partial charge in [0.2, 0.25) is 59.1 Å². The Morgan fingerprint density at radius 3 is 1.54 bits per heavy atom. The Morgan fingerprint density at radius 1 is 0.550 bits per heavy atom. The second-order valence-corrected chi connectivity index (χ2v) is 20.6. The molecule has 24 N–H and O–H groups in total. The molecule has 1 saturated heterocycles. The number of hydrogen-bond donors (Lipinski definition) is 17. The number of carboxylic acids is 1. The molecule has 11 atom stereocenters. The largest absolute Gasteiger partial charge is 0.480 e. The molecule has 0 aromatic carbocycles. The number of aliphatic hydroxyl groups excluding tert-OH is 1. The van der Waals surface area contributed by atoms with Crippen LogP contribution in [0.2, 0.25) is 0 Å². The fourth-order valence-corrected chi connectivity index (χ4v) is 8.53. The average Bonchev–Trinajstić information content (AvgIpc) is 3.89. The van der Waals surface area contributed by atoms with Crippen molar-refractivity contribution in [2.75, 3.05) is 32.7 Å². The first-order valence-electron chi connectivity index (χ1n) is 27.5. The molecule has 1 heterocycles. The van der Waals surface area contributed by atoms with Crippen LogP contribution in [0, 0.1) is 5.92 Å². The molecular weight excluding hydrogens is 1050 g/mol. The van der Waals surface area contributed by atoms with Gasteiger partial charge >= 0.3 is 5.97 Å². The Balaban J connectivity index is 3.41. The van der Waals surface area contributed by atoms with Crippen molar-refractivity contribution in [1.29, 1.82) is 0 Å². The van der Waals surface area contributed by atoms with Crippen LogP contribution in [-0.2, 0) is 52.7 Å². The quantitative estimate of drug-likeness (QED) is 0.0155. The van der Waals surface area contributed by atoms with Crippen LogP contribution >= 0.6 is 0 Å². The third-order valence-corrected chi connectivity index (χ3v) is 13.1. The maximum Gasteiger partial charge on any atom is 0.326 e. The predicted molar refractivity (Wildman–Crippen MR) is 295 cm³/mol. The van der Waals surface area contributed by atoms with Crippen molar-refractivity contribution >= 4 is 71.0 Å². The topological polar surface area (TPSA) is 522 Å². The number of likely N-dealkylation sites (tertiary alicyclic amines) is 1. The highest BCUT2D eigenvalue weighted by atomic mass is 16.4. The fourth-order valence-electron chi connectivity index (χ4n) is 8.53. The monoisotopic (exact) mass is 1140 g/mol. The number of nitrogens with one attached hydrogen (secondary N) is 8. The van der Waals surface area contributed by atoms with Crippen LogP contribution in [0.15, 0.2) is 4.99 Å². The van der Waals surface area contributed by atoms with Gasteiger partial charge in [-0.2, -0.15) is 0 Å². The molecule has 0 aromatic rings. The van der Waals surface area contributed by atoms with Gasteiger partial charge in [0.05, 0.1) is 12.1 Å². The van der Waals surface area contributed by atoms with E-state index in [4.69, 9.17) is 40.1 Å². The van der Waals surface area contributed by atoms with Gasteiger partial charge in [-0.15, -0.1) is 0 Å². The number of unbranched alkanes of at least 4 members (excludes halogenated alkanes) is 3. The van der Waals surface area contributed by atoms with Crippen LogP contribution in [0.5, 0.6) is 0 Å². The van der Waals surface area contributed by atoms with Crippen molar-refractivity contribution in [3.05, 3.63) is 0 Å². The van der Waals surface area contributed by atoms with Crippen LogP contribution in [0.4, 0.5) is 0 Å². The number of guanidine groups is 1. The second kappa shape index (κ2) is 38.0. The zero-order chi connectivity index (χ0) is 60.6. The first-order valence-corrected chi connectivity index (χ1v) is 27.5. The summed E-state index contributed by atoms with van der Waals surface area (Å²) in [6, 6.07) is -12.9. The summed E-state index contributed by atoms with van der Waals surface area (Å²) in [5.74, 6) is -9.94. The van der Waals surface area contributed by atoms with Crippen LogP contribution in [-0.4, -0.2) is 185 Å². The van der Waals surface area contributed by atoms with E-state index in [0.29, 0.717) is 64.5 Å². The molecular formula is C50H93N17O13. The Labute approximate surface area is 467 Å². The van der Waals surface area contributed by atoms with Gasteiger partial charge in [-0.05, 0) is 136 Å². The zero-order valence-corrected chi connectivity index (χ0v) is 47.1. The van der Waals surface area contributed by atoms with E-state index in [0.717, 1.165) is 0 Å². The molecule has 0 bridgehead atoms. The number of carbonyl (C=O) groups excluding carboxylic acids is 10. The Kier molecular flexibility index (Phi) is 33.8. The first-order chi connectivity index (χ1) is 37.7. The lowest BCUT2D eigenvalue weighted by Crippen LogP contribution is -2.61. The molecule has 0 saturated carbocycles. The SMILES string of the molecule is CC(C)C[C@H](NC(=O)[C@H](CCC(N)=O)NC(=O)[C@H](CCCCN)NC(=O)[C@H](CCCN=C(N)N)NC(=O)[C@@H]1CCCN1C(=O)[C@H](C)NC(=O)[C@@H](N)CCCCN)C(=O)N[C@@H](C)C(=O)N[C@H](C(=O)N[C@@H](CCCCN)C(=O)O)[C@@H](C)O. The van der Waals surface area contributed by atoms with Gasteiger partial charge in [0.15, 0.2) is 5.96 Å². The summed E-state index contributed by atoms with van der Waals surface area (Å²) in [7, 11) is 0. The lowest BCUT2D eigenvalue weighted by atomic mass is 10.0. The van der Waals surface area contributed by atoms with Gasteiger partial charge in [-0.25, -0.2) is 4.79 Å². The molecule has 10 amide bonds. The molecule has 456 valence electrons. The molecule has 1 aliphatic rings. The van der Waals surface area contributed by atoms with Crippen LogP contribution in [0.3, 0.4) is 0 Å². The van der Waals surface area contributed by atoms with Crippen molar-refractivity contribution in [3.8, 4) is 0 Å². The average molecular weight is 1140 g/mol. The third-order valence-electron chi connectivity index (χ3n) is 13.1.